The first-order valence-electron chi connectivity index (χ1n) is 10.1. The molecule has 1 N–H and O–H groups in total. The average molecular weight is 459 g/mol. The lowest BCUT2D eigenvalue weighted by Crippen LogP contribution is -2.15. The third kappa shape index (κ3) is 4.24. The molecule has 0 aliphatic carbocycles. The number of carbonyl (C=O) groups excluding carboxylic acids is 2. The minimum Gasteiger partial charge on any atom is -0.465 e. The Balaban J connectivity index is 1.92. The van der Waals surface area contributed by atoms with Crippen LogP contribution in [0.3, 0.4) is 0 Å². The number of aliphatic hydroxyl groups excluding tert-OH is 1. The summed E-state index contributed by atoms with van der Waals surface area (Å²) in [6.45, 7) is 1.54. The molecule has 164 valence electrons. The molecule has 0 saturated carbocycles. The molecule has 4 rings (SSSR count). The predicted octanol–water partition coefficient (Wildman–Crippen LogP) is 4.48. The molecule has 4 aromatic rings. The highest BCUT2D eigenvalue weighted by Gasteiger charge is 2.22. The standard InChI is InChI=1S/C26H19ClN2O4/c1-16-5-3-7-21(27)23(16)25(31)29-22-15-17(6-4-14-30)8-13-20(22)24(28-29)18-9-11-19(12-10-18)26(32)33-2/h3,5,7-13,15,30H,14H2,1-2H3. The fourth-order valence-corrected chi connectivity index (χ4v) is 3.90. The lowest BCUT2D eigenvalue weighted by molar-refractivity contribution is 0.0600. The second kappa shape index (κ2) is 9.29. The molecule has 1 heterocycles. The van der Waals surface area contributed by atoms with E-state index in [1.54, 1.807) is 48.5 Å². The molecule has 0 atom stereocenters. The van der Waals surface area contributed by atoms with E-state index in [0.717, 1.165) is 16.5 Å². The molecule has 3 aromatic carbocycles. The summed E-state index contributed by atoms with van der Waals surface area (Å²) in [6, 6.07) is 17.4. The molecule has 0 spiro atoms. The van der Waals surface area contributed by atoms with Gasteiger partial charge in [-0.25, -0.2) is 4.79 Å². The first kappa shape index (κ1) is 22.3. The zero-order valence-electron chi connectivity index (χ0n) is 17.9. The van der Waals surface area contributed by atoms with Gasteiger partial charge >= 0.3 is 5.97 Å². The van der Waals surface area contributed by atoms with E-state index >= 15 is 0 Å². The molecule has 7 heteroatoms. The van der Waals surface area contributed by atoms with Gasteiger partial charge in [0.15, 0.2) is 0 Å². The number of hydrogen-bond donors (Lipinski definition) is 1. The second-order valence-electron chi connectivity index (χ2n) is 7.26. The van der Waals surface area contributed by atoms with Crippen molar-refractivity contribution in [3.8, 4) is 23.1 Å². The molecule has 1 aromatic heterocycles. The average Bonchev–Trinajstić information content (AvgIpc) is 3.21. The van der Waals surface area contributed by atoms with Crippen LogP contribution in [0.1, 0.15) is 31.8 Å². The van der Waals surface area contributed by atoms with Crippen LogP contribution in [-0.2, 0) is 4.74 Å². The molecule has 0 bridgehead atoms. The van der Waals surface area contributed by atoms with Crippen LogP contribution in [0.25, 0.3) is 22.2 Å². The van der Waals surface area contributed by atoms with Crippen LogP contribution in [0.2, 0.25) is 5.02 Å². The van der Waals surface area contributed by atoms with Crippen LogP contribution in [0.5, 0.6) is 0 Å². The van der Waals surface area contributed by atoms with Crippen LogP contribution < -0.4 is 0 Å². The number of rotatable bonds is 3. The summed E-state index contributed by atoms with van der Waals surface area (Å²) in [5, 5.41) is 14.7. The number of fused-ring (bicyclic) bond motifs is 1. The van der Waals surface area contributed by atoms with Gasteiger partial charge in [0.25, 0.3) is 5.91 Å². The number of nitrogens with zero attached hydrogens (tertiary/aromatic N) is 2. The Kier molecular flexibility index (Phi) is 6.27. The number of carbonyl (C=O) groups is 2. The van der Waals surface area contributed by atoms with Crippen molar-refractivity contribution in [1.29, 1.82) is 0 Å². The lowest BCUT2D eigenvalue weighted by Gasteiger charge is -2.08. The summed E-state index contributed by atoms with van der Waals surface area (Å²) in [7, 11) is 1.32. The van der Waals surface area contributed by atoms with Crippen molar-refractivity contribution in [3.05, 3.63) is 87.9 Å². The van der Waals surface area contributed by atoms with Crippen LogP contribution in [-0.4, -0.2) is 40.5 Å². The van der Waals surface area contributed by atoms with Gasteiger partial charge in [0.2, 0.25) is 0 Å². The number of aromatic nitrogens is 2. The summed E-state index contributed by atoms with van der Waals surface area (Å²) in [5.41, 5.74) is 3.99. The third-order valence-corrected chi connectivity index (χ3v) is 5.52. The molecule has 0 radical (unpaired) electrons. The van der Waals surface area contributed by atoms with E-state index in [1.807, 2.05) is 19.1 Å². The smallest absolute Gasteiger partial charge is 0.337 e. The number of esters is 1. The summed E-state index contributed by atoms with van der Waals surface area (Å²) >= 11 is 6.35. The molecule has 0 fully saturated rings. The van der Waals surface area contributed by atoms with E-state index in [0.29, 0.717) is 32.9 Å². The molecule has 6 nitrogen and oxygen atoms in total. The monoisotopic (exact) mass is 458 g/mol. The first-order chi connectivity index (χ1) is 15.9. The minimum atomic E-state index is -0.437. The molecule has 0 unspecified atom stereocenters. The highest BCUT2D eigenvalue weighted by Crippen LogP contribution is 2.31. The van der Waals surface area contributed by atoms with Gasteiger partial charge in [0.1, 0.15) is 12.3 Å². The van der Waals surface area contributed by atoms with E-state index in [1.165, 1.54) is 11.8 Å². The van der Waals surface area contributed by atoms with Crippen LogP contribution in [0.15, 0.2) is 60.7 Å². The lowest BCUT2D eigenvalue weighted by atomic mass is 10.0. The zero-order valence-corrected chi connectivity index (χ0v) is 18.7. The van der Waals surface area contributed by atoms with Gasteiger partial charge in [-0.1, -0.05) is 47.7 Å². The Morgan fingerprint density at radius 3 is 2.55 bits per heavy atom. The zero-order chi connectivity index (χ0) is 23.5. The Labute approximate surface area is 195 Å². The molecule has 0 aliphatic rings. The maximum Gasteiger partial charge on any atom is 0.337 e. The van der Waals surface area contributed by atoms with Crippen molar-refractivity contribution < 1.29 is 19.4 Å². The van der Waals surface area contributed by atoms with Gasteiger partial charge < -0.3 is 9.84 Å². The normalized spacial score (nSPS) is 10.5. The number of ether oxygens (including phenoxy) is 1. The van der Waals surface area contributed by atoms with Crippen molar-refractivity contribution in [1.82, 2.24) is 9.78 Å². The number of benzene rings is 3. The van der Waals surface area contributed by atoms with Gasteiger partial charge in [-0.3, -0.25) is 4.79 Å². The maximum atomic E-state index is 13.5. The second-order valence-corrected chi connectivity index (χ2v) is 7.67. The first-order valence-corrected chi connectivity index (χ1v) is 10.4. The number of halogens is 1. The van der Waals surface area contributed by atoms with Crippen molar-refractivity contribution in [2.75, 3.05) is 13.7 Å². The van der Waals surface area contributed by atoms with Crippen molar-refractivity contribution in [3.63, 3.8) is 0 Å². The Morgan fingerprint density at radius 2 is 1.88 bits per heavy atom. The predicted molar refractivity (Wildman–Crippen MR) is 126 cm³/mol. The Bertz CT molecular complexity index is 1420. The van der Waals surface area contributed by atoms with Crippen LogP contribution in [0.4, 0.5) is 0 Å². The van der Waals surface area contributed by atoms with Crippen molar-refractivity contribution in [2.24, 2.45) is 0 Å². The van der Waals surface area contributed by atoms with E-state index in [-0.39, 0.29) is 12.5 Å². The summed E-state index contributed by atoms with van der Waals surface area (Å²) in [4.78, 5) is 25.3. The fourth-order valence-electron chi connectivity index (χ4n) is 3.59. The highest BCUT2D eigenvalue weighted by atomic mass is 35.5. The molecule has 0 aliphatic heterocycles. The quantitative estimate of drug-likeness (QED) is 0.361. The number of hydrogen-bond acceptors (Lipinski definition) is 5. The summed E-state index contributed by atoms with van der Waals surface area (Å²) < 4.78 is 6.07. The van der Waals surface area contributed by atoms with Crippen molar-refractivity contribution in [2.45, 2.75) is 6.92 Å². The number of aryl methyl sites for hydroxylation is 1. The number of methoxy groups -OCH3 is 1. The Hall–Kier alpha value is -3.92. The summed E-state index contributed by atoms with van der Waals surface area (Å²) in [6.07, 6.45) is 0. The SMILES string of the molecule is COC(=O)c1ccc(-c2nn(C(=O)c3c(C)cccc3Cl)c3cc(C#CCO)ccc23)cc1. The molecular weight excluding hydrogens is 440 g/mol. The molecule has 33 heavy (non-hydrogen) atoms. The van der Waals surface area contributed by atoms with Gasteiger partial charge in [-0.05, 0) is 48.9 Å². The van der Waals surface area contributed by atoms with E-state index < -0.39 is 5.97 Å². The number of aliphatic hydroxyl groups is 1. The van der Waals surface area contributed by atoms with Gasteiger partial charge in [0, 0.05) is 16.5 Å². The van der Waals surface area contributed by atoms with Crippen LogP contribution >= 0.6 is 11.6 Å². The van der Waals surface area contributed by atoms with E-state index in [2.05, 4.69) is 16.9 Å². The largest absolute Gasteiger partial charge is 0.465 e. The third-order valence-electron chi connectivity index (χ3n) is 5.20. The molecular formula is C26H19ClN2O4. The van der Waals surface area contributed by atoms with Crippen molar-refractivity contribution >= 4 is 34.4 Å². The summed E-state index contributed by atoms with van der Waals surface area (Å²) in [5.74, 6) is 4.67. The Morgan fingerprint density at radius 1 is 1.12 bits per heavy atom. The van der Waals surface area contributed by atoms with E-state index in [9.17, 15) is 9.59 Å². The topological polar surface area (TPSA) is 81.4 Å². The van der Waals surface area contributed by atoms with Gasteiger partial charge in [-0.2, -0.15) is 9.78 Å². The van der Waals surface area contributed by atoms with Gasteiger partial charge in [-0.15, -0.1) is 0 Å². The van der Waals surface area contributed by atoms with E-state index in [4.69, 9.17) is 21.4 Å². The highest BCUT2D eigenvalue weighted by molar-refractivity contribution is 6.34. The van der Waals surface area contributed by atoms with Crippen LogP contribution in [0, 0.1) is 18.8 Å². The maximum absolute atomic E-state index is 13.5. The minimum absolute atomic E-state index is 0.271. The molecule has 0 amide bonds. The fraction of sp³-hybridized carbons (Fsp3) is 0.115. The van der Waals surface area contributed by atoms with Gasteiger partial charge in [0.05, 0.1) is 28.8 Å². The molecule has 0 saturated heterocycles.